The van der Waals surface area contributed by atoms with Crippen LogP contribution < -0.4 is 4.31 Å². The van der Waals surface area contributed by atoms with E-state index >= 15 is 0 Å². The van der Waals surface area contributed by atoms with Crippen molar-refractivity contribution < 1.29 is 8.42 Å². The molecule has 0 bridgehead atoms. The summed E-state index contributed by atoms with van der Waals surface area (Å²) in [6.07, 6.45) is 2.69. The summed E-state index contributed by atoms with van der Waals surface area (Å²) in [6, 6.07) is 22.4. The van der Waals surface area contributed by atoms with Crippen LogP contribution in [-0.4, -0.2) is 52.5 Å². The number of rotatable bonds is 9. The van der Waals surface area contributed by atoms with E-state index < -0.39 is 10.0 Å². The van der Waals surface area contributed by atoms with Crippen LogP contribution >= 0.6 is 11.6 Å². The lowest BCUT2D eigenvalue weighted by Crippen LogP contribution is -2.38. The summed E-state index contributed by atoms with van der Waals surface area (Å²) in [4.78, 5) is 4.78. The van der Waals surface area contributed by atoms with Gasteiger partial charge in [-0.2, -0.15) is 0 Å². The van der Waals surface area contributed by atoms with Gasteiger partial charge in [-0.15, -0.1) is 0 Å². The topological polar surface area (TPSA) is 43.9 Å². The Morgan fingerprint density at radius 2 is 1.60 bits per heavy atom. The zero-order valence-electron chi connectivity index (χ0n) is 20.7. The van der Waals surface area contributed by atoms with Gasteiger partial charge in [0, 0.05) is 11.6 Å². The number of anilines is 1. The maximum absolute atomic E-state index is 13.9. The zero-order valence-corrected chi connectivity index (χ0v) is 22.3. The highest BCUT2D eigenvalue weighted by Crippen LogP contribution is 2.42. The number of fused-ring (bicyclic) bond motifs is 1. The molecule has 0 N–H and O–H groups in total. The minimum Gasteiger partial charge on any atom is -0.309 e. The Kier molecular flexibility index (Phi) is 8.17. The summed E-state index contributed by atoms with van der Waals surface area (Å²) >= 11 is 6.03. The number of para-hydroxylation sites is 1. The molecule has 1 aliphatic rings. The molecule has 0 fully saturated rings. The van der Waals surface area contributed by atoms with E-state index in [-0.39, 0.29) is 10.9 Å². The number of hydrogen-bond donors (Lipinski definition) is 0. The van der Waals surface area contributed by atoms with Gasteiger partial charge in [0.2, 0.25) is 0 Å². The lowest BCUT2D eigenvalue weighted by Gasteiger charge is -2.38. The highest BCUT2D eigenvalue weighted by molar-refractivity contribution is 7.92. The average Bonchev–Trinajstić information content (AvgIpc) is 2.84. The summed E-state index contributed by atoms with van der Waals surface area (Å²) in [5, 5.41) is 0.516. The van der Waals surface area contributed by atoms with Gasteiger partial charge in [0.25, 0.3) is 10.0 Å². The fourth-order valence-electron chi connectivity index (χ4n) is 4.73. The Morgan fingerprint density at radius 1 is 0.914 bits per heavy atom. The van der Waals surface area contributed by atoms with Crippen LogP contribution in [0.4, 0.5) is 5.69 Å². The van der Waals surface area contributed by atoms with Crippen LogP contribution in [0.1, 0.15) is 35.6 Å². The smallest absolute Gasteiger partial charge is 0.264 e. The number of sulfonamides is 1. The van der Waals surface area contributed by atoms with E-state index in [9.17, 15) is 8.42 Å². The fraction of sp³-hybridized carbons (Fsp3) is 0.357. The summed E-state index contributed by atoms with van der Waals surface area (Å²) in [6.45, 7) is 2.98. The molecule has 35 heavy (non-hydrogen) atoms. The van der Waals surface area contributed by atoms with Crippen molar-refractivity contribution in [3.8, 4) is 0 Å². The number of halogens is 1. The number of benzene rings is 3. The summed E-state index contributed by atoms with van der Waals surface area (Å²) in [5.41, 5.74) is 4.04. The molecule has 0 spiro atoms. The van der Waals surface area contributed by atoms with Crippen molar-refractivity contribution in [2.45, 2.75) is 36.7 Å². The molecular formula is C28H34ClN3O2S. The van der Waals surface area contributed by atoms with Crippen molar-refractivity contribution in [1.29, 1.82) is 0 Å². The van der Waals surface area contributed by atoms with E-state index in [0.717, 1.165) is 55.7 Å². The van der Waals surface area contributed by atoms with Crippen LogP contribution in [-0.2, 0) is 23.0 Å². The normalized spacial score (nSPS) is 16.1. The molecule has 0 aromatic heterocycles. The van der Waals surface area contributed by atoms with Crippen molar-refractivity contribution in [2.75, 3.05) is 38.5 Å². The van der Waals surface area contributed by atoms with E-state index in [1.807, 2.05) is 24.3 Å². The molecule has 1 unspecified atom stereocenters. The van der Waals surface area contributed by atoms with Crippen LogP contribution in [0.3, 0.4) is 0 Å². The number of hydrogen-bond acceptors (Lipinski definition) is 4. The molecule has 0 saturated heterocycles. The van der Waals surface area contributed by atoms with E-state index in [4.69, 9.17) is 11.6 Å². The Bertz CT molecular complexity index is 1230. The van der Waals surface area contributed by atoms with E-state index in [1.165, 1.54) is 5.56 Å². The maximum Gasteiger partial charge on any atom is 0.264 e. The molecule has 3 aromatic carbocycles. The van der Waals surface area contributed by atoms with Gasteiger partial charge in [0.1, 0.15) is 0 Å². The van der Waals surface area contributed by atoms with Crippen LogP contribution in [0.15, 0.2) is 77.7 Å². The predicted octanol–water partition coefficient (Wildman–Crippen LogP) is 5.61. The summed E-state index contributed by atoms with van der Waals surface area (Å²) in [5.74, 6) is 0. The molecule has 0 amide bonds. The molecule has 7 heteroatoms. The van der Waals surface area contributed by atoms with Gasteiger partial charge in [-0.3, -0.25) is 4.31 Å². The van der Waals surface area contributed by atoms with E-state index in [1.54, 1.807) is 28.6 Å². The monoisotopic (exact) mass is 511 g/mol. The van der Waals surface area contributed by atoms with Crippen molar-refractivity contribution >= 4 is 27.3 Å². The second kappa shape index (κ2) is 11.1. The first kappa shape index (κ1) is 25.7. The van der Waals surface area contributed by atoms with E-state index in [0.29, 0.717) is 5.02 Å². The summed E-state index contributed by atoms with van der Waals surface area (Å²) in [7, 11) is 2.56. The fourth-order valence-corrected chi connectivity index (χ4v) is 6.56. The van der Waals surface area contributed by atoms with Gasteiger partial charge in [-0.25, -0.2) is 8.42 Å². The molecular weight excluding hydrogens is 478 g/mol. The second-order valence-corrected chi connectivity index (χ2v) is 11.8. The Labute approximate surface area is 215 Å². The molecule has 1 aliphatic heterocycles. The summed E-state index contributed by atoms with van der Waals surface area (Å²) < 4.78 is 29.4. The minimum atomic E-state index is -3.77. The van der Waals surface area contributed by atoms with Crippen molar-refractivity contribution in [3.05, 3.63) is 94.5 Å². The van der Waals surface area contributed by atoms with Crippen LogP contribution in [0, 0.1) is 0 Å². The van der Waals surface area contributed by atoms with Crippen LogP contribution in [0.5, 0.6) is 0 Å². The van der Waals surface area contributed by atoms with Crippen molar-refractivity contribution in [1.82, 2.24) is 9.80 Å². The Hall–Kier alpha value is -2.38. The van der Waals surface area contributed by atoms with Gasteiger partial charge in [0.15, 0.2) is 0 Å². The second-order valence-electron chi connectivity index (χ2n) is 9.57. The van der Waals surface area contributed by atoms with Gasteiger partial charge in [0.05, 0.1) is 16.6 Å². The quantitative estimate of drug-likeness (QED) is 0.374. The van der Waals surface area contributed by atoms with Gasteiger partial charge < -0.3 is 9.80 Å². The molecule has 0 radical (unpaired) electrons. The zero-order chi connectivity index (χ0) is 25.0. The SMILES string of the molecule is CN(C)CCCN(C)Cc1ccc(C2CCc3ccccc3N2S(=O)(=O)c2ccc(Cl)cc2)cc1. The maximum atomic E-state index is 13.9. The largest absolute Gasteiger partial charge is 0.309 e. The molecule has 5 nitrogen and oxygen atoms in total. The van der Waals surface area contributed by atoms with Gasteiger partial charge in [-0.05, 0) is 101 Å². The molecule has 4 rings (SSSR count). The highest BCUT2D eigenvalue weighted by atomic mass is 35.5. The third kappa shape index (κ3) is 6.07. The lowest BCUT2D eigenvalue weighted by atomic mass is 9.93. The van der Waals surface area contributed by atoms with Crippen molar-refractivity contribution in [2.24, 2.45) is 0 Å². The van der Waals surface area contributed by atoms with Gasteiger partial charge >= 0.3 is 0 Å². The first-order valence-corrected chi connectivity index (χ1v) is 13.9. The van der Waals surface area contributed by atoms with Crippen LogP contribution in [0.2, 0.25) is 5.02 Å². The molecule has 0 saturated carbocycles. The van der Waals surface area contributed by atoms with Gasteiger partial charge in [-0.1, -0.05) is 54.1 Å². The first-order chi connectivity index (χ1) is 16.8. The van der Waals surface area contributed by atoms with Crippen LogP contribution in [0.25, 0.3) is 0 Å². The molecule has 0 aliphatic carbocycles. The Balaban J connectivity index is 1.60. The van der Waals surface area contributed by atoms with E-state index in [2.05, 4.69) is 55.2 Å². The standard InChI is InChI=1S/C28H34ClN3O2S/c1-30(2)19-6-20-31(3)21-22-9-11-24(12-10-22)28-18-13-23-7-4-5-8-27(23)32(28)35(33,34)26-16-14-25(29)15-17-26/h4-5,7-12,14-17,28H,6,13,18-21H2,1-3H3. The molecule has 3 aromatic rings. The lowest BCUT2D eigenvalue weighted by molar-refractivity contribution is 0.294. The molecule has 1 atom stereocenters. The number of nitrogens with zero attached hydrogens (tertiary/aromatic N) is 3. The number of aryl methyl sites for hydroxylation is 1. The first-order valence-electron chi connectivity index (χ1n) is 12.1. The third-order valence-electron chi connectivity index (χ3n) is 6.53. The molecule has 1 heterocycles. The van der Waals surface area contributed by atoms with Crippen molar-refractivity contribution in [3.63, 3.8) is 0 Å². The highest BCUT2D eigenvalue weighted by Gasteiger charge is 2.36. The third-order valence-corrected chi connectivity index (χ3v) is 8.62. The predicted molar refractivity (Wildman–Crippen MR) is 145 cm³/mol. The Morgan fingerprint density at radius 3 is 2.29 bits per heavy atom. The average molecular weight is 512 g/mol. The molecule has 186 valence electrons. The minimum absolute atomic E-state index is 0.250.